The molecule has 0 heterocycles. The molecule has 2 nitrogen and oxygen atoms in total. The van der Waals surface area contributed by atoms with Crippen LogP contribution in [0, 0.1) is 6.07 Å². The van der Waals surface area contributed by atoms with Gasteiger partial charge in [-0.3, -0.25) is 0 Å². The molecule has 0 bridgehead atoms. The first-order valence-electron chi connectivity index (χ1n) is 1.80. The van der Waals surface area contributed by atoms with E-state index < -0.39 is 0 Å². The summed E-state index contributed by atoms with van der Waals surface area (Å²) >= 11 is 0. The second-order valence-corrected chi connectivity index (χ2v) is 0.920. The Balaban J connectivity index is 2.54. The third-order valence-electron chi connectivity index (χ3n) is 0.431. The summed E-state index contributed by atoms with van der Waals surface area (Å²) in [4.78, 5) is 0. The minimum absolute atomic E-state index is 0.608. The van der Waals surface area contributed by atoms with Crippen LogP contribution < -0.4 is 5.26 Å². The number of ether oxygens (including phenoxy) is 1. The minimum atomic E-state index is 0.608. The Morgan fingerprint density at radius 1 is 1.83 bits per heavy atom. The molecule has 0 saturated heterocycles. The zero-order chi connectivity index (χ0) is 4.83. The molecular formula is C4H8NO+. The molecule has 2 heteroatoms. The quantitative estimate of drug-likeness (QED) is 0.420. The molecule has 0 aromatic rings. The van der Waals surface area contributed by atoms with Crippen molar-refractivity contribution in [3.8, 4) is 6.07 Å². The van der Waals surface area contributed by atoms with Crippen molar-refractivity contribution in [3.63, 3.8) is 0 Å². The highest BCUT2D eigenvalue weighted by Gasteiger charge is 1.78. The van der Waals surface area contributed by atoms with Crippen LogP contribution in [0.5, 0.6) is 0 Å². The van der Waals surface area contributed by atoms with E-state index in [0.29, 0.717) is 13.0 Å². The Labute approximate surface area is 37.3 Å². The van der Waals surface area contributed by atoms with Gasteiger partial charge < -0.3 is 4.74 Å². The summed E-state index contributed by atoms with van der Waals surface area (Å²) in [6, 6.07) is 2.19. The summed E-state index contributed by atoms with van der Waals surface area (Å²) in [5, 5.41) is 6.38. The smallest absolute Gasteiger partial charge is 0.272 e. The first-order chi connectivity index (χ1) is 2.91. The lowest BCUT2D eigenvalue weighted by atomic mass is 10.5. The summed E-state index contributed by atoms with van der Waals surface area (Å²) in [5.41, 5.74) is 0. The normalized spacial score (nSPS) is 7.33. The molecule has 0 fully saturated rings. The Morgan fingerprint density at radius 2 is 2.50 bits per heavy atom. The number of hydrogen-bond acceptors (Lipinski definition) is 1. The van der Waals surface area contributed by atoms with Crippen LogP contribution in [-0.4, -0.2) is 13.7 Å². The molecule has 0 aliphatic heterocycles. The van der Waals surface area contributed by atoms with Gasteiger partial charge in [-0.25, -0.2) is 0 Å². The average Bonchev–Trinajstić information content (AvgIpc) is 1.61. The molecule has 34 valence electrons. The molecule has 0 saturated carbocycles. The summed E-state index contributed by atoms with van der Waals surface area (Å²) in [5.74, 6) is 0. The molecule has 0 unspecified atom stereocenters. The van der Waals surface area contributed by atoms with Crippen molar-refractivity contribution in [2.75, 3.05) is 13.7 Å². The van der Waals surface area contributed by atoms with Crippen LogP contribution in [0.2, 0.25) is 0 Å². The van der Waals surface area contributed by atoms with Gasteiger partial charge in [-0.15, -0.1) is 5.26 Å². The standard InChI is InChI=1S/C4H7NO/c1-6-4-2-3-5/h2,4H2,1H3/p+1. The molecule has 0 amide bonds. The summed E-state index contributed by atoms with van der Waals surface area (Å²) in [6.07, 6.45) is 0.608. The van der Waals surface area contributed by atoms with E-state index >= 15 is 0 Å². The maximum atomic E-state index is 6.38. The lowest BCUT2D eigenvalue weighted by Gasteiger charge is -1.80. The predicted octanol–water partition coefficient (Wildman–Crippen LogP) is -1.20. The molecule has 0 aromatic carbocycles. The lowest BCUT2D eigenvalue weighted by molar-refractivity contribution is -0.0956. The number of hydrogen-bond donors (Lipinski definition) is 1. The van der Waals surface area contributed by atoms with E-state index in [1.165, 1.54) is 0 Å². The van der Waals surface area contributed by atoms with E-state index in [1.54, 1.807) is 7.11 Å². The van der Waals surface area contributed by atoms with Crippen molar-refractivity contribution in [2.45, 2.75) is 6.42 Å². The van der Waals surface area contributed by atoms with Crippen LogP contribution in [0.25, 0.3) is 0 Å². The van der Waals surface area contributed by atoms with Gasteiger partial charge in [-0.05, 0) is 0 Å². The first-order valence-corrected chi connectivity index (χ1v) is 1.80. The highest BCUT2D eigenvalue weighted by Crippen LogP contribution is 1.69. The molecule has 6 heavy (non-hydrogen) atoms. The average molecular weight is 86.1 g/mol. The Bertz CT molecular complexity index is 55.1. The summed E-state index contributed by atoms with van der Waals surface area (Å²) < 4.78 is 4.60. The van der Waals surface area contributed by atoms with Crippen molar-refractivity contribution < 1.29 is 10.00 Å². The van der Waals surface area contributed by atoms with Crippen molar-refractivity contribution in [1.82, 2.24) is 0 Å². The van der Waals surface area contributed by atoms with Gasteiger partial charge in [-0.2, -0.15) is 0 Å². The Morgan fingerprint density at radius 3 is 2.67 bits per heavy atom. The fourth-order valence-electron chi connectivity index (χ4n) is 0.153. The minimum Gasteiger partial charge on any atom is -0.383 e. The number of nitrogens with one attached hydrogen (secondary N) is 1. The van der Waals surface area contributed by atoms with Crippen molar-refractivity contribution >= 4 is 0 Å². The highest BCUT2D eigenvalue weighted by atomic mass is 16.5. The topological polar surface area (TPSA) is 33.0 Å². The van der Waals surface area contributed by atoms with Gasteiger partial charge in [0.15, 0.2) is 0 Å². The third-order valence-corrected chi connectivity index (χ3v) is 0.431. The molecule has 0 aliphatic rings. The van der Waals surface area contributed by atoms with Gasteiger partial charge >= 0.3 is 0 Å². The van der Waals surface area contributed by atoms with Crippen LogP contribution in [0.4, 0.5) is 0 Å². The van der Waals surface area contributed by atoms with Gasteiger partial charge in [0.2, 0.25) is 0 Å². The first kappa shape index (κ1) is 5.45. The van der Waals surface area contributed by atoms with E-state index in [1.807, 2.05) is 0 Å². The third kappa shape index (κ3) is 3.45. The van der Waals surface area contributed by atoms with E-state index in [9.17, 15) is 0 Å². The zero-order valence-electron chi connectivity index (χ0n) is 3.82. The van der Waals surface area contributed by atoms with Gasteiger partial charge in [0, 0.05) is 7.11 Å². The van der Waals surface area contributed by atoms with E-state index in [4.69, 9.17) is 5.26 Å². The van der Waals surface area contributed by atoms with E-state index in [-0.39, 0.29) is 0 Å². The van der Waals surface area contributed by atoms with Crippen molar-refractivity contribution in [2.24, 2.45) is 0 Å². The van der Waals surface area contributed by atoms with Crippen LogP contribution in [0.3, 0.4) is 0 Å². The summed E-state index contributed by atoms with van der Waals surface area (Å²) in [6.45, 7) is 0.615. The van der Waals surface area contributed by atoms with E-state index in [0.717, 1.165) is 0 Å². The molecule has 0 aromatic heterocycles. The zero-order valence-corrected chi connectivity index (χ0v) is 3.82. The van der Waals surface area contributed by atoms with Gasteiger partial charge in [-0.1, -0.05) is 0 Å². The molecule has 0 aliphatic carbocycles. The second-order valence-electron chi connectivity index (χ2n) is 0.920. The molecule has 0 rings (SSSR count). The second kappa shape index (κ2) is 4.45. The fourth-order valence-corrected chi connectivity index (χ4v) is 0.153. The van der Waals surface area contributed by atoms with Crippen LogP contribution in [-0.2, 0) is 4.74 Å². The van der Waals surface area contributed by atoms with E-state index in [2.05, 4.69) is 10.8 Å². The number of methoxy groups -OCH3 is 1. The summed E-state index contributed by atoms with van der Waals surface area (Å²) in [7, 11) is 1.61. The Hall–Kier alpha value is -0.550. The van der Waals surface area contributed by atoms with Gasteiger partial charge in [0.25, 0.3) is 6.07 Å². The maximum Gasteiger partial charge on any atom is 0.272 e. The molecule has 1 N–H and O–H groups in total. The highest BCUT2D eigenvalue weighted by molar-refractivity contribution is 4.63. The van der Waals surface area contributed by atoms with Crippen LogP contribution >= 0.6 is 0 Å². The molecule has 0 radical (unpaired) electrons. The van der Waals surface area contributed by atoms with Crippen molar-refractivity contribution in [1.29, 1.82) is 0 Å². The SMILES string of the molecule is COCCC#[NH+]. The lowest BCUT2D eigenvalue weighted by Crippen LogP contribution is -2.17. The van der Waals surface area contributed by atoms with Gasteiger partial charge in [0.05, 0.1) is 6.61 Å². The Kier molecular flexibility index (Phi) is 4.04. The largest absolute Gasteiger partial charge is 0.383 e. The predicted molar refractivity (Wildman–Crippen MR) is 21.3 cm³/mol. The van der Waals surface area contributed by atoms with Crippen LogP contribution in [0.15, 0.2) is 0 Å². The van der Waals surface area contributed by atoms with Crippen molar-refractivity contribution in [3.05, 3.63) is 0 Å². The fraction of sp³-hybridized carbons (Fsp3) is 0.750. The maximum absolute atomic E-state index is 6.38. The van der Waals surface area contributed by atoms with Gasteiger partial charge in [0.1, 0.15) is 6.42 Å². The monoisotopic (exact) mass is 86.1 g/mol. The molecule has 0 atom stereocenters. The number of rotatable bonds is 2. The van der Waals surface area contributed by atoms with Crippen LogP contribution in [0.1, 0.15) is 6.42 Å². The molecule has 0 spiro atoms. The molecular weight excluding hydrogens is 78.0 g/mol.